The van der Waals surface area contributed by atoms with Crippen LogP contribution in [0.4, 0.5) is 21.0 Å². The molecule has 0 aliphatic carbocycles. The van der Waals surface area contributed by atoms with Crippen molar-refractivity contribution < 1.29 is 19.1 Å². The molecule has 32 heavy (non-hydrogen) atoms. The number of nitrogens with two attached hydrogens (primary N) is 1. The minimum Gasteiger partial charge on any atom is -0.497 e. The fourth-order valence-corrected chi connectivity index (χ4v) is 3.35. The molecule has 3 rings (SSSR count). The fourth-order valence-electron chi connectivity index (χ4n) is 3.22. The topological polar surface area (TPSA) is 129 Å². The maximum atomic E-state index is 12.9. The lowest BCUT2D eigenvalue weighted by Crippen LogP contribution is -2.55. The van der Waals surface area contributed by atoms with Crippen LogP contribution >= 0.6 is 11.6 Å². The van der Waals surface area contributed by atoms with Gasteiger partial charge in [0.05, 0.1) is 7.11 Å². The molecule has 170 valence electrons. The highest BCUT2D eigenvalue weighted by molar-refractivity contribution is 6.30. The third-order valence-electron chi connectivity index (χ3n) is 4.81. The smallest absolute Gasteiger partial charge is 0.323 e. The highest BCUT2D eigenvalue weighted by atomic mass is 35.5. The molecule has 0 aromatic heterocycles. The zero-order valence-corrected chi connectivity index (χ0v) is 18.3. The Labute approximate surface area is 190 Å². The lowest BCUT2D eigenvalue weighted by Gasteiger charge is -2.29. The lowest BCUT2D eigenvalue weighted by atomic mass is 10.3. The molecule has 1 atom stereocenters. The van der Waals surface area contributed by atoms with Crippen LogP contribution in [0.1, 0.15) is 0 Å². The second-order valence-electron chi connectivity index (χ2n) is 6.94. The van der Waals surface area contributed by atoms with Gasteiger partial charge in [0.1, 0.15) is 5.75 Å². The lowest BCUT2D eigenvalue weighted by molar-refractivity contribution is -0.127. The summed E-state index contributed by atoms with van der Waals surface area (Å²) < 4.78 is 5.11. The van der Waals surface area contributed by atoms with E-state index < -0.39 is 24.1 Å². The molecule has 5 amide bonds. The number of anilines is 2. The monoisotopic (exact) mass is 460 g/mol. The molecule has 10 nitrogen and oxygen atoms in total. The molecule has 2 aromatic rings. The molecular weight excluding hydrogens is 436 g/mol. The summed E-state index contributed by atoms with van der Waals surface area (Å²) in [6.07, 6.45) is -1.13. The summed E-state index contributed by atoms with van der Waals surface area (Å²) in [7, 11) is 1.55. The molecule has 2 aromatic carbocycles. The molecule has 1 aliphatic rings. The van der Waals surface area contributed by atoms with E-state index in [0.717, 1.165) is 0 Å². The highest BCUT2D eigenvalue weighted by Crippen LogP contribution is 2.21. The second kappa shape index (κ2) is 10.7. The van der Waals surface area contributed by atoms with E-state index in [4.69, 9.17) is 22.1 Å². The minimum absolute atomic E-state index is 0.177. The van der Waals surface area contributed by atoms with Crippen molar-refractivity contribution in [2.45, 2.75) is 6.17 Å². The Kier molecular flexibility index (Phi) is 7.74. The summed E-state index contributed by atoms with van der Waals surface area (Å²) in [5.41, 5.74) is 6.53. The van der Waals surface area contributed by atoms with Gasteiger partial charge in [-0.2, -0.15) is 0 Å². The van der Waals surface area contributed by atoms with Crippen LogP contribution in [0.3, 0.4) is 0 Å². The Morgan fingerprint density at radius 3 is 1.94 bits per heavy atom. The molecule has 0 bridgehead atoms. The number of halogens is 1. The van der Waals surface area contributed by atoms with Crippen molar-refractivity contribution in [3.05, 3.63) is 53.6 Å². The second-order valence-corrected chi connectivity index (χ2v) is 7.37. The van der Waals surface area contributed by atoms with Crippen LogP contribution < -0.4 is 26.4 Å². The maximum Gasteiger partial charge on any atom is 0.323 e. The van der Waals surface area contributed by atoms with Gasteiger partial charge in [-0.3, -0.25) is 14.6 Å². The first-order valence-electron chi connectivity index (χ1n) is 9.95. The number of nitrogens with zero attached hydrogens (tertiary/aromatic N) is 2. The molecule has 1 fully saturated rings. The van der Waals surface area contributed by atoms with Crippen molar-refractivity contribution in [3.63, 3.8) is 0 Å². The van der Waals surface area contributed by atoms with Crippen molar-refractivity contribution in [3.8, 4) is 5.75 Å². The van der Waals surface area contributed by atoms with Crippen molar-refractivity contribution in [1.82, 2.24) is 15.1 Å². The number of rotatable bonds is 6. The molecule has 0 radical (unpaired) electrons. The van der Waals surface area contributed by atoms with Gasteiger partial charge >= 0.3 is 12.1 Å². The van der Waals surface area contributed by atoms with Gasteiger partial charge in [0.2, 0.25) is 0 Å². The first-order chi connectivity index (χ1) is 15.4. The molecule has 5 N–H and O–H groups in total. The van der Waals surface area contributed by atoms with Crippen LogP contribution in [-0.4, -0.2) is 67.2 Å². The van der Waals surface area contributed by atoms with Gasteiger partial charge < -0.3 is 26.4 Å². The number of nitrogens with one attached hydrogen (secondary N) is 3. The predicted octanol–water partition coefficient (Wildman–Crippen LogP) is 2.13. The number of hydrogen-bond acceptors (Lipinski definition) is 5. The normalized spacial score (nSPS) is 15.3. The number of benzene rings is 2. The van der Waals surface area contributed by atoms with Crippen molar-refractivity contribution in [1.29, 1.82) is 0 Å². The van der Waals surface area contributed by atoms with Gasteiger partial charge in [-0.15, -0.1) is 0 Å². The number of carbonyl (C=O) groups is 3. The van der Waals surface area contributed by atoms with Crippen LogP contribution in [0.5, 0.6) is 5.75 Å². The Hall–Kier alpha value is -3.50. The SMILES string of the molecule is COc1ccc(NC(=O)N2CCN(C(=O)Nc3ccc(Cl)cc3)C2C(=O)NCCN)cc1. The zero-order chi connectivity index (χ0) is 23.1. The third-order valence-corrected chi connectivity index (χ3v) is 5.06. The van der Waals surface area contributed by atoms with E-state index in [2.05, 4.69) is 16.0 Å². The first kappa shape index (κ1) is 23.2. The summed E-state index contributed by atoms with van der Waals surface area (Å²) in [4.78, 5) is 41.2. The molecule has 1 heterocycles. The largest absolute Gasteiger partial charge is 0.497 e. The van der Waals surface area contributed by atoms with Crippen LogP contribution in [0, 0.1) is 0 Å². The summed E-state index contributed by atoms with van der Waals surface area (Å²) >= 11 is 5.88. The number of hydrogen-bond donors (Lipinski definition) is 4. The Bertz CT molecular complexity index is 954. The number of amides is 5. The Balaban J connectivity index is 1.75. The van der Waals surface area contributed by atoms with Crippen molar-refractivity contribution >= 4 is 40.9 Å². The number of urea groups is 2. The van der Waals surface area contributed by atoms with E-state index in [1.807, 2.05) is 0 Å². The van der Waals surface area contributed by atoms with Crippen LogP contribution in [0.25, 0.3) is 0 Å². The average molecular weight is 461 g/mol. The van der Waals surface area contributed by atoms with E-state index in [1.165, 1.54) is 9.80 Å². The molecule has 11 heteroatoms. The summed E-state index contributed by atoms with van der Waals surface area (Å²) in [6.45, 7) is 0.802. The third kappa shape index (κ3) is 5.59. The van der Waals surface area contributed by atoms with Gasteiger partial charge in [-0.05, 0) is 48.5 Å². The molecular formula is C21H25ClN6O4. The molecule has 1 saturated heterocycles. The molecule has 0 spiro atoms. The van der Waals surface area contributed by atoms with Crippen LogP contribution in [-0.2, 0) is 4.79 Å². The molecule has 0 saturated carbocycles. The number of ether oxygens (including phenoxy) is 1. The van der Waals surface area contributed by atoms with E-state index in [1.54, 1.807) is 55.6 Å². The van der Waals surface area contributed by atoms with E-state index >= 15 is 0 Å². The molecule has 1 unspecified atom stereocenters. The first-order valence-corrected chi connectivity index (χ1v) is 10.3. The van der Waals surface area contributed by atoms with Gasteiger partial charge in [0.15, 0.2) is 6.17 Å². The summed E-state index contributed by atoms with van der Waals surface area (Å²) in [5.74, 6) is 0.150. The average Bonchev–Trinajstić information content (AvgIpc) is 3.25. The summed E-state index contributed by atoms with van der Waals surface area (Å²) in [6, 6.07) is 12.3. The van der Waals surface area contributed by atoms with Gasteiger partial charge in [-0.1, -0.05) is 11.6 Å². The number of methoxy groups -OCH3 is 1. The quantitative estimate of drug-likeness (QED) is 0.525. The Morgan fingerprint density at radius 1 is 0.969 bits per heavy atom. The predicted molar refractivity (Wildman–Crippen MR) is 122 cm³/mol. The van der Waals surface area contributed by atoms with Gasteiger partial charge in [0.25, 0.3) is 5.91 Å². The zero-order valence-electron chi connectivity index (χ0n) is 17.5. The highest BCUT2D eigenvalue weighted by Gasteiger charge is 2.42. The van der Waals surface area contributed by atoms with E-state index in [0.29, 0.717) is 22.1 Å². The summed E-state index contributed by atoms with van der Waals surface area (Å²) in [5, 5.41) is 8.66. The maximum absolute atomic E-state index is 12.9. The van der Waals surface area contributed by atoms with Crippen LogP contribution in [0.15, 0.2) is 48.5 Å². The minimum atomic E-state index is -1.13. The van der Waals surface area contributed by atoms with E-state index in [-0.39, 0.29) is 26.2 Å². The number of carbonyl (C=O) groups excluding carboxylic acids is 3. The standard InChI is InChI=1S/C21H25ClN6O4/c1-32-17-8-6-16(7-9-17)26-21(31)28-13-12-27(19(28)18(29)24-11-10-23)20(30)25-15-4-2-14(22)3-5-15/h2-9,19H,10-13,23H2,1H3,(H,24,29)(H,25,30)(H,26,31). The van der Waals surface area contributed by atoms with Crippen molar-refractivity contribution in [2.24, 2.45) is 5.73 Å². The fraction of sp³-hybridized carbons (Fsp3) is 0.286. The van der Waals surface area contributed by atoms with Crippen molar-refractivity contribution in [2.75, 3.05) is 43.9 Å². The van der Waals surface area contributed by atoms with Crippen LogP contribution in [0.2, 0.25) is 5.02 Å². The Morgan fingerprint density at radius 2 is 1.47 bits per heavy atom. The van der Waals surface area contributed by atoms with E-state index in [9.17, 15) is 14.4 Å². The van der Waals surface area contributed by atoms with Gasteiger partial charge in [0, 0.05) is 42.6 Å². The van der Waals surface area contributed by atoms with Gasteiger partial charge in [-0.25, -0.2) is 9.59 Å². The molecule has 1 aliphatic heterocycles.